The van der Waals surface area contributed by atoms with E-state index in [4.69, 9.17) is 16.1 Å². The predicted molar refractivity (Wildman–Crippen MR) is 49.5 cm³/mol. The lowest BCUT2D eigenvalue weighted by atomic mass is 10.1. The van der Waals surface area contributed by atoms with Crippen molar-refractivity contribution in [3.8, 4) is 11.1 Å². The number of hydrogen-bond acceptors (Lipinski definition) is 3. The Kier molecular flexibility index (Phi) is 2.02. The zero-order valence-electron chi connectivity index (χ0n) is 6.99. The fourth-order valence-corrected chi connectivity index (χ4v) is 1.17. The highest BCUT2D eigenvalue weighted by Crippen LogP contribution is 2.21. The van der Waals surface area contributed by atoms with E-state index < -0.39 is 0 Å². The van der Waals surface area contributed by atoms with Gasteiger partial charge in [-0.1, -0.05) is 16.8 Å². The van der Waals surface area contributed by atoms with Crippen molar-refractivity contribution in [1.29, 1.82) is 0 Å². The topological polar surface area (TPSA) is 38.9 Å². The Morgan fingerprint density at radius 1 is 1.31 bits per heavy atom. The number of aromatic nitrogens is 2. The quantitative estimate of drug-likeness (QED) is 0.656. The van der Waals surface area contributed by atoms with Crippen LogP contribution in [0.1, 0.15) is 5.56 Å². The van der Waals surface area contributed by atoms with Crippen molar-refractivity contribution >= 4 is 11.6 Å². The van der Waals surface area contributed by atoms with Gasteiger partial charge in [0.05, 0.1) is 6.20 Å². The van der Waals surface area contributed by atoms with E-state index in [0.717, 1.165) is 16.7 Å². The molecule has 0 aromatic carbocycles. The smallest absolute Gasteiger partial charge is 0.131 e. The van der Waals surface area contributed by atoms with Gasteiger partial charge in [0.2, 0.25) is 0 Å². The predicted octanol–water partition coefficient (Wildman–Crippen LogP) is 2.70. The molecule has 66 valence electrons. The maximum Gasteiger partial charge on any atom is 0.131 e. The first kappa shape index (κ1) is 8.26. The molecule has 4 heteroatoms. The van der Waals surface area contributed by atoms with Crippen LogP contribution in [0.3, 0.4) is 0 Å². The minimum absolute atomic E-state index is 0.528. The van der Waals surface area contributed by atoms with E-state index in [1.54, 1.807) is 18.7 Å². The third kappa shape index (κ3) is 1.55. The first-order valence-electron chi connectivity index (χ1n) is 3.79. The monoisotopic (exact) mass is 194 g/mol. The van der Waals surface area contributed by atoms with Crippen molar-refractivity contribution in [3.63, 3.8) is 0 Å². The summed E-state index contributed by atoms with van der Waals surface area (Å²) in [4.78, 5) is 4.03. The van der Waals surface area contributed by atoms with Gasteiger partial charge < -0.3 is 4.52 Å². The average molecular weight is 195 g/mol. The number of halogens is 1. The molecule has 0 aliphatic heterocycles. The SMILES string of the molecule is Cc1cc(-c2cnoc2)cnc1Cl. The van der Waals surface area contributed by atoms with Crippen LogP contribution in [0.4, 0.5) is 0 Å². The fraction of sp³-hybridized carbons (Fsp3) is 0.111. The summed E-state index contributed by atoms with van der Waals surface area (Å²) in [5, 5.41) is 4.14. The third-order valence-electron chi connectivity index (χ3n) is 1.78. The molecule has 2 aromatic rings. The number of hydrogen-bond donors (Lipinski definition) is 0. The highest BCUT2D eigenvalue weighted by atomic mass is 35.5. The first-order chi connectivity index (χ1) is 6.27. The van der Waals surface area contributed by atoms with Crippen LogP contribution in [0, 0.1) is 6.92 Å². The Morgan fingerprint density at radius 2 is 2.15 bits per heavy atom. The fourth-order valence-electron chi connectivity index (χ4n) is 1.06. The molecular weight excluding hydrogens is 188 g/mol. The first-order valence-corrected chi connectivity index (χ1v) is 4.17. The third-order valence-corrected chi connectivity index (χ3v) is 2.18. The van der Waals surface area contributed by atoms with E-state index in [1.807, 2.05) is 13.0 Å². The van der Waals surface area contributed by atoms with Gasteiger partial charge in [-0.3, -0.25) is 0 Å². The molecule has 13 heavy (non-hydrogen) atoms. The molecule has 0 unspecified atom stereocenters. The number of aryl methyl sites for hydroxylation is 1. The standard InChI is InChI=1S/C9H7ClN2O/c1-6-2-7(3-11-9(6)10)8-4-12-13-5-8/h2-5H,1H3. The van der Waals surface area contributed by atoms with Crippen molar-refractivity contribution < 1.29 is 4.52 Å². The summed E-state index contributed by atoms with van der Waals surface area (Å²) in [6.07, 6.45) is 4.91. The summed E-state index contributed by atoms with van der Waals surface area (Å²) in [6, 6.07) is 1.95. The zero-order valence-corrected chi connectivity index (χ0v) is 7.75. The van der Waals surface area contributed by atoms with E-state index in [-0.39, 0.29) is 0 Å². The molecule has 0 fully saturated rings. The molecule has 0 radical (unpaired) electrons. The second kappa shape index (κ2) is 3.18. The lowest BCUT2D eigenvalue weighted by molar-refractivity contribution is 0.420. The van der Waals surface area contributed by atoms with Crippen LogP contribution < -0.4 is 0 Å². The van der Waals surface area contributed by atoms with E-state index in [1.165, 1.54) is 0 Å². The molecule has 0 atom stereocenters. The largest absolute Gasteiger partial charge is 0.364 e. The van der Waals surface area contributed by atoms with Crippen LogP contribution in [-0.2, 0) is 0 Å². The maximum absolute atomic E-state index is 5.79. The number of nitrogens with zero attached hydrogens (tertiary/aromatic N) is 2. The van der Waals surface area contributed by atoms with Gasteiger partial charge in [0.25, 0.3) is 0 Å². The zero-order chi connectivity index (χ0) is 9.26. The highest BCUT2D eigenvalue weighted by molar-refractivity contribution is 6.30. The minimum Gasteiger partial charge on any atom is -0.364 e. The summed E-state index contributed by atoms with van der Waals surface area (Å²) < 4.78 is 4.73. The van der Waals surface area contributed by atoms with Crippen molar-refractivity contribution in [3.05, 3.63) is 35.4 Å². The summed E-state index contributed by atoms with van der Waals surface area (Å²) in [5.74, 6) is 0. The lowest BCUT2D eigenvalue weighted by Crippen LogP contribution is -1.83. The molecule has 0 saturated carbocycles. The molecule has 2 rings (SSSR count). The van der Waals surface area contributed by atoms with Gasteiger partial charge in [-0.15, -0.1) is 0 Å². The normalized spacial score (nSPS) is 10.3. The molecule has 0 bridgehead atoms. The van der Waals surface area contributed by atoms with Crippen LogP contribution in [0.5, 0.6) is 0 Å². The Balaban J connectivity index is 2.49. The van der Waals surface area contributed by atoms with Crippen LogP contribution in [-0.4, -0.2) is 10.1 Å². The molecule has 0 aliphatic rings. The van der Waals surface area contributed by atoms with Gasteiger partial charge in [-0.25, -0.2) is 4.98 Å². The second-order valence-electron chi connectivity index (χ2n) is 2.74. The van der Waals surface area contributed by atoms with Crippen LogP contribution in [0.25, 0.3) is 11.1 Å². The second-order valence-corrected chi connectivity index (χ2v) is 3.10. The van der Waals surface area contributed by atoms with Gasteiger partial charge in [0, 0.05) is 17.3 Å². The minimum atomic E-state index is 0.528. The van der Waals surface area contributed by atoms with Crippen LogP contribution >= 0.6 is 11.6 Å². The Hall–Kier alpha value is -1.35. The summed E-state index contributed by atoms with van der Waals surface area (Å²) in [7, 11) is 0. The number of rotatable bonds is 1. The van der Waals surface area contributed by atoms with Gasteiger partial charge in [-0.05, 0) is 18.6 Å². The molecule has 0 N–H and O–H groups in total. The summed E-state index contributed by atoms with van der Waals surface area (Å²) in [5.41, 5.74) is 2.82. The van der Waals surface area contributed by atoms with E-state index in [0.29, 0.717) is 5.15 Å². The van der Waals surface area contributed by atoms with Crippen molar-refractivity contribution in [1.82, 2.24) is 10.1 Å². The Bertz CT molecular complexity index is 412. The Labute approximate surface area is 80.3 Å². The van der Waals surface area contributed by atoms with Crippen LogP contribution in [0.2, 0.25) is 5.15 Å². The maximum atomic E-state index is 5.79. The lowest BCUT2D eigenvalue weighted by Gasteiger charge is -1.99. The Morgan fingerprint density at radius 3 is 2.77 bits per heavy atom. The van der Waals surface area contributed by atoms with Gasteiger partial charge in [0.15, 0.2) is 0 Å². The van der Waals surface area contributed by atoms with E-state index in [9.17, 15) is 0 Å². The van der Waals surface area contributed by atoms with E-state index in [2.05, 4.69) is 10.1 Å². The number of pyridine rings is 1. The molecule has 2 aromatic heterocycles. The van der Waals surface area contributed by atoms with Gasteiger partial charge in [0.1, 0.15) is 11.4 Å². The average Bonchev–Trinajstić information content (AvgIpc) is 2.62. The molecule has 2 heterocycles. The van der Waals surface area contributed by atoms with Gasteiger partial charge >= 0.3 is 0 Å². The highest BCUT2D eigenvalue weighted by Gasteiger charge is 2.02. The molecule has 0 amide bonds. The molecule has 0 aliphatic carbocycles. The summed E-state index contributed by atoms with van der Waals surface area (Å²) >= 11 is 5.79. The van der Waals surface area contributed by atoms with Gasteiger partial charge in [-0.2, -0.15) is 0 Å². The van der Waals surface area contributed by atoms with Crippen molar-refractivity contribution in [2.24, 2.45) is 0 Å². The molecule has 0 saturated heterocycles. The molecule has 3 nitrogen and oxygen atoms in total. The van der Waals surface area contributed by atoms with E-state index >= 15 is 0 Å². The molecular formula is C9H7ClN2O. The van der Waals surface area contributed by atoms with Crippen LogP contribution in [0.15, 0.2) is 29.2 Å². The van der Waals surface area contributed by atoms with Crippen molar-refractivity contribution in [2.75, 3.05) is 0 Å². The summed E-state index contributed by atoms with van der Waals surface area (Å²) in [6.45, 7) is 1.91. The van der Waals surface area contributed by atoms with Crippen molar-refractivity contribution in [2.45, 2.75) is 6.92 Å². The molecule has 0 spiro atoms.